The number of esters is 1. The largest absolute Gasteiger partial charge is 0.467 e. The number of carbonyl (C=O) groups excluding carboxylic acids is 3. The van der Waals surface area contributed by atoms with Gasteiger partial charge in [-0.05, 0) is 37.0 Å². The lowest BCUT2D eigenvalue weighted by atomic mass is 9.85. The average molecular weight is 411 g/mol. The molecule has 2 aliphatic rings. The molecule has 29 heavy (non-hydrogen) atoms. The number of nitrogens with zero attached hydrogens (tertiary/aromatic N) is 1. The van der Waals surface area contributed by atoms with Crippen LogP contribution in [0.15, 0.2) is 0 Å². The molecule has 2 fully saturated rings. The Morgan fingerprint density at radius 3 is 2.24 bits per heavy atom. The van der Waals surface area contributed by atoms with E-state index in [1.54, 1.807) is 4.90 Å². The SMILES string of the molecule is CCCC(C)(C)OC(=O)N[C@H](C(=O)N1C[C@H]2[C@@H]([C@H]1C(=O)OC)C2(C)C)C(C)(C)C. The number of fused-ring (bicyclic) bond motifs is 1. The average Bonchev–Trinajstić information content (AvgIpc) is 2.93. The summed E-state index contributed by atoms with van der Waals surface area (Å²) in [6.45, 7) is 16.1. The smallest absolute Gasteiger partial charge is 0.408 e. The number of rotatable bonds is 6. The summed E-state index contributed by atoms with van der Waals surface area (Å²) in [6, 6.07) is -1.41. The van der Waals surface area contributed by atoms with Crippen molar-refractivity contribution < 1.29 is 23.9 Å². The second-order valence-corrected chi connectivity index (χ2v) is 10.8. The van der Waals surface area contributed by atoms with Crippen LogP contribution in [0.2, 0.25) is 0 Å². The minimum Gasteiger partial charge on any atom is -0.467 e. The second kappa shape index (κ2) is 7.80. The van der Waals surface area contributed by atoms with Crippen LogP contribution < -0.4 is 5.32 Å². The number of likely N-dealkylation sites (tertiary alicyclic amines) is 1. The van der Waals surface area contributed by atoms with Gasteiger partial charge in [0, 0.05) is 12.5 Å². The van der Waals surface area contributed by atoms with Gasteiger partial charge in [0.25, 0.3) is 0 Å². The highest BCUT2D eigenvalue weighted by atomic mass is 16.6. The lowest BCUT2D eigenvalue weighted by molar-refractivity contribution is -0.154. The summed E-state index contributed by atoms with van der Waals surface area (Å²) in [4.78, 5) is 40.1. The molecule has 7 nitrogen and oxygen atoms in total. The summed E-state index contributed by atoms with van der Waals surface area (Å²) < 4.78 is 10.6. The Labute approximate surface area is 174 Å². The van der Waals surface area contributed by atoms with Crippen molar-refractivity contribution in [2.24, 2.45) is 22.7 Å². The summed E-state index contributed by atoms with van der Waals surface area (Å²) in [5.41, 5.74) is -1.14. The highest BCUT2D eigenvalue weighted by Crippen LogP contribution is 2.65. The Balaban J connectivity index is 2.19. The molecule has 0 aromatic rings. The monoisotopic (exact) mass is 410 g/mol. The number of nitrogens with one attached hydrogen (secondary N) is 1. The summed E-state index contributed by atoms with van der Waals surface area (Å²) >= 11 is 0. The van der Waals surface area contributed by atoms with E-state index in [1.165, 1.54) is 7.11 Å². The number of amides is 2. The van der Waals surface area contributed by atoms with E-state index >= 15 is 0 Å². The van der Waals surface area contributed by atoms with Crippen LogP contribution in [-0.2, 0) is 19.1 Å². The second-order valence-electron chi connectivity index (χ2n) is 10.8. The molecule has 1 saturated heterocycles. The third-order valence-electron chi connectivity index (χ3n) is 6.53. The number of carbonyl (C=O) groups is 3. The fraction of sp³-hybridized carbons (Fsp3) is 0.864. The summed E-state index contributed by atoms with van der Waals surface area (Å²) in [5, 5.41) is 2.77. The van der Waals surface area contributed by atoms with Crippen LogP contribution in [0.1, 0.15) is 68.2 Å². The summed E-state index contributed by atoms with van der Waals surface area (Å²) in [5.74, 6) is -0.293. The molecule has 4 atom stereocenters. The van der Waals surface area contributed by atoms with Gasteiger partial charge < -0.3 is 19.7 Å². The zero-order chi connectivity index (χ0) is 22.4. The number of ether oxygens (including phenoxy) is 2. The first kappa shape index (κ1) is 23.5. The Morgan fingerprint density at radius 2 is 1.76 bits per heavy atom. The fourth-order valence-electron chi connectivity index (χ4n) is 4.77. The minimum absolute atomic E-state index is 0.0173. The van der Waals surface area contributed by atoms with E-state index in [4.69, 9.17) is 9.47 Å². The number of piperidine rings is 1. The number of hydrogen-bond acceptors (Lipinski definition) is 5. The van der Waals surface area contributed by atoms with Gasteiger partial charge in [-0.1, -0.05) is 48.0 Å². The Bertz CT molecular complexity index is 665. The molecule has 0 bridgehead atoms. The molecule has 0 aromatic heterocycles. The fourth-order valence-corrected chi connectivity index (χ4v) is 4.77. The molecular weight excluding hydrogens is 372 g/mol. The van der Waals surface area contributed by atoms with Crippen LogP contribution in [0.25, 0.3) is 0 Å². The zero-order valence-electron chi connectivity index (χ0n) is 19.4. The van der Waals surface area contributed by atoms with Crippen molar-refractivity contribution in [2.75, 3.05) is 13.7 Å². The highest BCUT2D eigenvalue weighted by Gasteiger charge is 2.70. The van der Waals surface area contributed by atoms with Gasteiger partial charge in [0.15, 0.2) is 0 Å². The van der Waals surface area contributed by atoms with Gasteiger partial charge in [0.05, 0.1) is 7.11 Å². The van der Waals surface area contributed by atoms with Crippen LogP contribution in [-0.4, -0.2) is 54.2 Å². The predicted molar refractivity (Wildman–Crippen MR) is 110 cm³/mol. The van der Waals surface area contributed by atoms with Crippen molar-refractivity contribution in [3.63, 3.8) is 0 Å². The first-order valence-corrected chi connectivity index (χ1v) is 10.5. The van der Waals surface area contributed by atoms with Crippen molar-refractivity contribution in [1.29, 1.82) is 0 Å². The molecular formula is C22H38N2O5. The first-order valence-electron chi connectivity index (χ1n) is 10.5. The van der Waals surface area contributed by atoms with E-state index in [0.29, 0.717) is 6.54 Å². The van der Waals surface area contributed by atoms with Gasteiger partial charge >= 0.3 is 12.1 Å². The van der Waals surface area contributed by atoms with Crippen molar-refractivity contribution in [2.45, 2.75) is 85.9 Å². The number of hydrogen-bond donors (Lipinski definition) is 1. The molecule has 2 rings (SSSR count). The maximum Gasteiger partial charge on any atom is 0.408 e. The van der Waals surface area contributed by atoms with Crippen LogP contribution in [0.3, 0.4) is 0 Å². The molecule has 0 radical (unpaired) electrons. The van der Waals surface area contributed by atoms with Crippen molar-refractivity contribution in [1.82, 2.24) is 10.2 Å². The standard InChI is InChI=1S/C22H38N2O5/c1-10-11-21(5,6)29-19(27)23-16(20(2,3)4)17(25)24-12-13-14(22(13,7)8)15(24)18(26)28-9/h13-16H,10-12H2,1-9H3,(H,23,27)/t13-,14-,15-,16+/m0/s1. The van der Waals surface area contributed by atoms with Crippen molar-refractivity contribution in [3.8, 4) is 0 Å². The maximum absolute atomic E-state index is 13.5. The van der Waals surface area contributed by atoms with Gasteiger partial charge in [-0.3, -0.25) is 4.79 Å². The zero-order valence-corrected chi connectivity index (χ0v) is 19.4. The molecule has 0 aromatic carbocycles. The molecule has 0 unspecified atom stereocenters. The molecule has 7 heteroatoms. The van der Waals surface area contributed by atoms with Gasteiger partial charge in [0.1, 0.15) is 17.7 Å². The molecule has 166 valence electrons. The third-order valence-corrected chi connectivity index (χ3v) is 6.53. The third kappa shape index (κ3) is 4.69. The van der Waals surface area contributed by atoms with Crippen LogP contribution in [0.4, 0.5) is 4.79 Å². The highest BCUT2D eigenvalue weighted by molar-refractivity contribution is 5.91. The van der Waals surface area contributed by atoms with E-state index in [1.807, 2.05) is 41.5 Å². The van der Waals surface area contributed by atoms with Gasteiger partial charge in [-0.2, -0.15) is 0 Å². The normalized spacial score (nSPS) is 26.4. The lowest BCUT2D eigenvalue weighted by Gasteiger charge is -2.37. The molecule has 1 saturated carbocycles. The van der Waals surface area contributed by atoms with E-state index in [0.717, 1.165) is 12.8 Å². The summed E-state index contributed by atoms with van der Waals surface area (Å²) in [7, 11) is 1.35. The van der Waals surface area contributed by atoms with E-state index in [9.17, 15) is 14.4 Å². The van der Waals surface area contributed by atoms with E-state index in [2.05, 4.69) is 19.2 Å². The van der Waals surface area contributed by atoms with E-state index in [-0.39, 0.29) is 23.2 Å². The van der Waals surface area contributed by atoms with Crippen molar-refractivity contribution >= 4 is 18.0 Å². The molecule has 2 amide bonds. The lowest BCUT2D eigenvalue weighted by Crippen LogP contribution is -2.58. The number of alkyl carbamates (subject to hydrolysis) is 1. The Hall–Kier alpha value is -1.79. The van der Waals surface area contributed by atoms with Crippen molar-refractivity contribution in [3.05, 3.63) is 0 Å². The first-order chi connectivity index (χ1) is 13.2. The maximum atomic E-state index is 13.5. The van der Waals surface area contributed by atoms with Gasteiger partial charge in [-0.25, -0.2) is 9.59 Å². The molecule has 1 N–H and O–H groups in total. The Kier molecular flexibility index (Phi) is 6.32. The van der Waals surface area contributed by atoms with Crippen LogP contribution >= 0.6 is 0 Å². The van der Waals surface area contributed by atoms with E-state index < -0.39 is 35.2 Å². The Morgan fingerprint density at radius 1 is 1.17 bits per heavy atom. The summed E-state index contributed by atoms with van der Waals surface area (Å²) in [6.07, 6.45) is 0.995. The molecule has 0 spiro atoms. The van der Waals surface area contributed by atoms with Crippen LogP contribution in [0.5, 0.6) is 0 Å². The minimum atomic E-state index is -0.805. The molecule has 1 aliphatic carbocycles. The van der Waals surface area contributed by atoms with Gasteiger partial charge in [-0.15, -0.1) is 0 Å². The number of methoxy groups -OCH3 is 1. The van der Waals surface area contributed by atoms with Crippen LogP contribution in [0, 0.1) is 22.7 Å². The predicted octanol–water partition coefficient (Wildman–Crippen LogP) is 3.36. The quantitative estimate of drug-likeness (QED) is 0.679. The molecule has 1 aliphatic heterocycles. The topological polar surface area (TPSA) is 84.9 Å². The molecule has 1 heterocycles. The van der Waals surface area contributed by atoms with Gasteiger partial charge in [0.2, 0.25) is 5.91 Å².